The average molecular weight is 223 g/mol. The SMILES string of the molecule is O=C(C1C2CCCC21)N1CCC(CCO)C1. The summed E-state index contributed by atoms with van der Waals surface area (Å²) in [6.45, 7) is 2.09. The highest BCUT2D eigenvalue weighted by Gasteiger charge is 2.57. The van der Waals surface area contributed by atoms with E-state index in [1.165, 1.54) is 19.3 Å². The molecule has 3 unspecified atom stereocenters. The molecule has 3 heteroatoms. The molecule has 0 bridgehead atoms. The Morgan fingerprint density at radius 2 is 2.00 bits per heavy atom. The van der Waals surface area contributed by atoms with Gasteiger partial charge in [-0.2, -0.15) is 0 Å². The minimum atomic E-state index is 0.265. The van der Waals surface area contributed by atoms with Gasteiger partial charge in [0.25, 0.3) is 0 Å². The van der Waals surface area contributed by atoms with Crippen molar-refractivity contribution in [2.75, 3.05) is 19.7 Å². The Morgan fingerprint density at radius 1 is 1.25 bits per heavy atom. The summed E-state index contributed by atoms with van der Waals surface area (Å²) in [7, 11) is 0. The summed E-state index contributed by atoms with van der Waals surface area (Å²) in [5.74, 6) is 2.85. The van der Waals surface area contributed by atoms with Gasteiger partial charge in [0.2, 0.25) is 5.91 Å². The van der Waals surface area contributed by atoms with Crippen LogP contribution >= 0.6 is 0 Å². The van der Waals surface area contributed by atoms with Gasteiger partial charge < -0.3 is 10.0 Å². The Kier molecular flexibility index (Phi) is 2.66. The van der Waals surface area contributed by atoms with E-state index in [9.17, 15) is 4.79 Å². The Labute approximate surface area is 96.8 Å². The highest BCUT2D eigenvalue weighted by Crippen LogP contribution is 2.58. The van der Waals surface area contributed by atoms with E-state index < -0.39 is 0 Å². The van der Waals surface area contributed by atoms with Crippen LogP contribution in [0.1, 0.15) is 32.1 Å². The number of carbonyl (C=O) groups excluding carboxylic acids is 1. The second-order valence-corrected chi connectivity index (χ2v) is 5.74. The Morgan fingerprint density at radius 3 is 2.69 bits per heavy atom. The fourth-order valence-electron chi connectivity index (χ4n) is 3.85. The van der Waals surface area contributed by atoms with E-state index in [1.807, 2.05) is 0 Å². The molecule has 2 saturated carbocycles. The lowest BCUT2D eigenvalue weighted by Crippen LogP contribution is -2.31. The van der Waals surface area contributed by atoms with Crippen molar-refractivity contribution < 1.29 is 9.90 Å². The number of aliphatic hydroxyl groups excluding tert-OH is 1. The summed E-state index contributed by atoms with van der Waals surface area (Å²) < 4.78 is 0. The first-order valence-electron chi connectivity index (χ1n) is 6.71. The summed E-state index contributed by atoms with van der Waals surface area (Å²) in [4.78, 5) is 14.3. The van der Waals surface area contributed by atoms with Crippen molar-refractivity contribution in [3.63, 3.8) is 0 Å². The summed E-state index contributed by atoms with van der Waals surface area (Å²) in [6.07, 6.45) is 5.87. The van der Waals surface area contributed by atoms with Gasteiger partial charge in [-0.3, -0.25) is 4.79 Å². The number of aliphatic hydroxyl groups is 1. The summed E-state index contributed by atoms with van der Waals surface area (Å²) in [5, 5.41) is 8.90. The van der Waals surface area contributed by atoms with Gasteiger partial charge in [0, 0.05) is 25.6 Å². The Hall–Kier alpha value is -0.570. The molecule has 1 saturated heterocycles. The molecule has 16 heavy (non-hydrogen) atoms. The van der Waals surface area contributed by atoms with Crippen molar-refractivity contribution in [3.8, 4) is 0 Å². The van der Waals surface area contributed by atoms with Gasteiger partial charge >= 0.3 is 0 Å². The highest BCUT2D eigenvalue weighted by atomic mass is 16.3. The largest absolute Gasteiger partial charge is 0.396 e. The predicted octanol–water partition coefficient (Wildman–Crippen LogP) is 1.26. The van der Waals surface area contributed by atoms with Crippen LogP contribution < -0.4 is 0 Å². The third-order valence-electron chi connectivity index (χ3n) is 4.83. The van der Waals surface area contributed by atoms with Crippen LogP contribution in [-0.2, 0) is 4.79 Å². The lowest BCUT2D eigenvalue weighted by Gasteiger charge is -2.17. The first-order chi connectivity index (χ1) is 7.81. The maximum absolute atomic E-state index is 12.2. The van der Waals surface area contributed by atoms with E-state index in [2.05, 4.69) is 4.90 Å². The number of rotatable bonds is 3. The van der Waals surface area contributed by atoms with E-state index >= 15 is 0 Å². The quantitative estimate of drug-likeness (QED) is 0.782. The molecule has 0 aromatic rings. The van der Waals surface area contributed by atoms with E-state index in [4.69, 9.17) is 5.11 Å². The zero-order valence-electron chi connectivity index (χ0n) is 9.77. The molecule has 90 valence electrons. The molecular formula is C13H21NO2. The molecule has 3 aliphatic rings. The monoisotopic (exact) mass is 223 g/mol. The van der Waals surface area contributed by atoms with Crippen LogP contribution in [0.15, 0.2) is 0 Å². The zero-order chi connectivity index (χ0) is 11.1. The molecule has 0 radical (unpaired) electrons. The first kappa shape index (κ1) is 10.6. The van der Waals surface area contributed by atoms with Crippen LogP contribution in [0.5, 0.6) is 0 Å². The van der Waals surface area contributed by atoms with Crippen molar-refractivity contribution in [2.45, 2.75) is 32.1 Å². The minimum absolute atomic E-state index is 0.265. The molecule has 0 aromatic heterocycles. The minimum Gasteiger partial charge on any atom is -0.396 e. The summed E-state index contributed by atoms with van der Waals surface area (Å²) in [6, 6.07) is 0. The molecule has 3 rings (SSSR count). The molecule has 0 aromatic carbocycles. The zero-order valence-corrected chi connectivity index (χ0v) is 9.77. The molecule has 2 aliphatic carbocycles. The molecular weight excluding hydrogens is 202 g/mol. The number of nitrogens with zero attached hydrogens (tertiary/aromatic N) is 1. The van der Waals surface area contributed by atoms with Crippen molar-refractivity contribution in [2.24, 2.45) is 23.7 Å². The van der Waals surface area contributed by atoms with Gasteiger partial charge in [0.1, 0.15) is 0 Å². The number of hydrogen-bond donors (Lipinski definition) is 1. The van der Waals surface area contributed by atoms with Gasteiger partial charge in [-0.1, -0.05) is 6.42 Å². The van der Waals surface area contributed by atoms with Crippen LogP contribution in [0, 0.1) is 23.7 Å². The molecule has 1 aliphatic heterocycles. The van der Waals surface area contributed by atoms with Crippen LogP contribution in [0.2, 0.25) is 0 Å². The van der Waals surface area contributed by atoms with E-state index in [1.54, 1.807) is 0 Å². The number of likely N-dealkylation sites (tertiary alicyclic amines) is 1. The average Bonchev–Trinajstić information content (AvgIpc) is 2.73. The van der Waals surface area contributed by atoms with Crippen molar-refractivity contribution in [1.82, 2.24) is 4.90 Å². The maximum atomic E-state index is 12.2. The number of hydrogen-bond acceptors (Lipinski definition) is 2. The second kappa shape index (κ2) is 4.02. The van der Waals surface area contributed by atoms with Crippen molar-refractivity contribution in [3.05, 3.63) is 0 Å². The van der Waals surface area contributed by atoms with E-state index in [-0.39, 0.29) is 6.61 Å². The third kappa shape index (κ3) is 1.65. The molecule has 1 N–H and O–H groups in total. The van der Waals surface area contributed by atoms with Crippen LogP contribution in [-0.4, -0.2) is 35.6 Å². The lowest BCUT2D eigenvalue weighted by molar-refractivity contribution is -0.132. The predicted molar refractivity (Wildman–Crippen MR) is 60.7 cm³/mol. The third-order valence-corrected chi connectivity index (χ3v) is 4.83. The number of fused-ring (bicyclic) bond motifs is 1. The highest BCUT2D eigenvalue weighted by molar-refractivity contribution is 5.82. The van der Waals surface area contributed by atoms with Crippen molar-refractivity contribution >= 4 is 5.91 Å². The molecule has 3 nitrogen and oxygen atoms in total. The van der Waals surface area contributed by atoms with Crippen LogP contribution in [0.3, 0.4) is 0 Å². The normalized spacial score (nSPS) is 41.2. The maximum Gasteiger partial charge on any atom is 0.226 e. The second-order valence-electron chi connectivity index (χ2n) is 5.74. The Bertz CT molecular complexity index is 282. The molecule has 3 fully saturated rings. The van der Waals surface area contributed by atoms with E-state index in [0.717, 1.165) is 37.8 Å². The number of amides is 1. The molecule has 0 spiro atoms. The Balaban J connectivity index is 1.53. The van der Waals surface area contributed by atoms with Crippen LogP contribution in [0.4, 0.5) is 0 Å². The van der Waals surface area contributed by atoms with Gasteiger partial charge in [0.05, 0.1) is 0 Å². The summed E-state index contributed by atoms with van der Waals surface area (Å²) in [5.41, 5.74) is 0. The van der Waals surface area contributed by atoms with Crippen LogP contribution in [0.25, 0.3) is 0 Å². The van der Waals surface area contributed by atoms with Gasteiger partial charge in [0.15, 0.2) is 0 Å². The smallest absolute Gasteiger partial charge is 0.226 e. The molecule has 3 atom stereocenters. The van der Waals surface area contributed by atoms with Gasteiger partial charge in [-0.05, 0) is 43.4 Å². The lowest BCUT2D eigenvalue weighted by atomic mass is 10.1. The van der Waals surface area contributed by atoms with Gasteiger partial charge in [-0.25, -0.2) is 0 Å². The standard InChI is InChI=1S/C13H21NO2/c15-7-5-9-4-6-14(8-9)13(16)12-10-2-1-3-11(10)12/h9-12,15H,1-8H2. The van der Waals surface area contributed by atoms with Gasteiger partial charge in [-0.15, -0.1) is 0 Å². The van der Waals surface area contributed by atoms with E-state index in [0.29, 0.717) is 17.7 Å². The molecule has 1 amide bonds. The summed E-state index contributed by atoms with van der Waals surface area (Å²) >= 11 is 0. The topological polar surface area (TPSA) is 40.5 Å². The fraction of sp³-hybridized carbons (Fsp3) is 0.923. The molecule has 1 heterocycles. The first-order valence-corrected chi connectivity index (χ1v) is 6.71. The van der Waals surface area contributed by atoms with Crippen molar-refractivity contribution in [1.29, 1.82) is 0 Å². The number of carbonyl (C=O) groups is 1. The fourth-order valence-corrected chi connectivity index (χ4v) is 3.85.